The fourth-order valence-electron chi connectivity index (χ4n) is 4.03. The monoisotopic (exact) mass is 322 g/mol. The number of carbonyl (C=O) groups excluding carboxylic acids is 1. The van der Waals surface area contributed by atoms with Crippen molar-refractivity contribution in [1.82, 2.24) is 0 Å². The largest absolute Gasteiger partial charge is 0.469 e. The van der Waals surface area contributed by atoms with Gasteiger partial charge < -0.3 is 14.6 Å². The molecule has 0 saturated carbocycles. The van der Waals surface area contributed by atoms with Crippen LogP contribution in [0.4, 0.5) is 4.39 Å². The van der Waals surface area contributed by atoms with Gasteiger partial charge in [-0.05, 0) is 54.9 Å². The van der Waals surface area contributed by atoms with Gasteiger partial charge in [-0.25, -0.2) is 4.39 Å². The molecule has 0 amide bonds. The van der Waals surface area contributed by atoms with Crippen LogP contribution in [0, 0.1) is 17.7 Å². The van der Waals surface area contributed by atoms with Crippen LogP contribution in [0.2, 0.25) is 0 Å². The summed E-state index contributed by atoms with van der Waals surface area (Å²) >= 11 is 0. The van der Waals surface area contributed by atoms with Crippen molar-refractivity contribution in [2.75, 3.05) is 13.7 Å². The van der Waals surface area contributed by atoms with Crippen molar-refractivity contribution in [3.8, 4) is 0 Å². The molecule has 0 aromatic heterocycles. The molecule has 1 aromatic carbocycles. The maximum Gasteiger partial charge on any atom is 0.305 e. The van der Waals surface area contributed by atoms with Gasteiger partial charge in [0.25, 0.3) is 0 Å². The Balaban J connectivity index is 1.76. The lowest BCUT2D eigenvalue weighted by atomic mass is 9.76. The molecule has 4 atom stereocenters. The highest BCUT2D eigenvalue weighted by atomic mass is 19.1. The summed E-state index contributed by atoms with van der Waals surface area (Å²) in [6.07, 6.45) is 3.82. The molecule has 126 valence electrons. The Morgan fingerprint density at radius 2 is 2.04 bits per heavy atom. The first-order valence-corrected chi connectivity index (χ1v) is 8.22. The van der Waals surface area contributed by atoms with Crippen molar-refractivity contribution in [1.29, 1.82) is 0 Å². The quantitative estimate of drug-likeness (QED) is 0.816. The molecule has 0 spiro atoms. The summed E-state index contributed by atoms with van der Waals surface area (Å²) in [6.45, 7) is 0.110. The summed E-state index contributed by atoms with van der Waals surface area (Å²) in [5, 5.41) is 9.65. The van der Waals surface area contributed by atoms with Crippen LogP contribution in [-0.4, -0.2) is 37.0 Å². The minimum atomic E-state index is -0.272. The maximum atomic E-state index is 13.7. The van der Waals surface area contributed by atoms with Gasteiger partial charge in [-0.15, -0.1) is 0 Å². The summed E-state index contributed by atoms with van der Waals surface area (Å²) in [4.78, 5) is 11.4. The van der Waals surface area contributed by atoms with Gasteiger partial charge in [0, 0.05) is 18.9 Å². The molecule has 0 unspecified atom stereocenters. The molecule has 1 aromatic rings. The highest BCUT2D eigenvalue weighted by molar-refractivity contribution is 5.69. The molecule has 5 heteroatoms. The Morgan fingerprint density at radius 1 is 1.30 bits per heavy atom. The summed E-state index contributed by atoms with van der Waals surface area (Å²) in [7, 11) is 1.37. The molecule has 2 heterocycles. The van der Waals surface area contributed by atoms with Crippen LogP contribution in [0.3, 0.4) is 0 Å². The van der Waals surface area contributed by atoms with Crippen molar-refractivity contribution in [2.45, 2.75) is 44.3 Å². The third-order valence-electron chi connectivity index (χ3n) is 5.25. The van der Waals surface area contributed by atoms with Gasteiger partial charge in [0.1, 0.15) is 5.82 Å². The van der Waals surface area contributed by atoms with Gasteiger partial charge in [-0.3, -0.25) is 4.79 Å². The molecule has 2 aliphatic rings. The Kier molecular flexibility index (Phi) is 4.97. The first-order valence-electron chi connectivity index (χ1n) is 8.22. The Bertz CT molecular complexity index is 574. The second-order valence-electron chi connectivity index (χ2n) is 6.49. The first-order chi connectivity index (χ1) is 11.1. The van der Waals surface area contributed by atoms with Crippen LogP contribution < -0.4 is 0 Å². The minimum Gasteiger partial charge on any atom is -0.469 e. The third-order valence-corrected chi connectivity index (χ3v) is 5.25. The number of hydrogen-bond donors (Lipinski definition) is 1. The predicted octanol–water partition coefficient (Wildman–Crippen LogP) is 2.26. The number of benzene rings is 1. The van der Waals surface area contributed by atoms with E-state index in [1.165, 1.54) is 13.2 Å². The average Bonchev–Trinajstić information content (AvgIpc) is 3.15. The van der Waals surface area contributed by atoms with Crippen LogP contribution in [0.15, 0.2) is 18.2 Å². The number of hydrogen-bond acceptors (Lipinski definition) is 4. The van der Waals surface area contributed by atoms with E-state index in [0.29, 0.717) is 12.8 Å². The van der Waals surface area contributed by atoms with E-state index in [0.717, 1.165) is 24.0 Å². The predicted molar refractivity (Wildman–Crippen MR) is 82.4 cm³/mol. The van der Waals surface area contributed by atoms with Crippen molar-refractivity contribution >= 4 is 5.97 Å². The van der Waals surface area contributed by atoms with E-state index >= 15 is 0 Å². The summed E-state index contributed by atoms with van der Waals surface area (Å²) in [5.41, 5.74) is 1.88. The minimum absolute atomic E-state index is 0.110. The summed E-state index contributed by atoms with van der Waals surface area (Å²) in [6, 6.07) is 4.72. The molecule has 23 heavy (non-hydrogen) atoms. The second kappa shape index (κ2) is 6.97. The standard InChI is InChI=1S/C18H23FO4/c1-22-18(21)7-3-11-2-4-13(19)8-12(11)9-14-15(10-20)17-6-5-16(14)23-17/h2,4,8,14-17,20H,3,5-7,9-10H2,1H3/t14-,15+,16-,17-/m1/s1. The number of aliphatic hydroxyl groups excluding tert-OH is 1. The van der Waals surface area contributed by atoms with Crippen molar-refractivity contribution in [2.24, 2.45) is 11.8 Å². The zero-order valence-corrected chi connectivity index (χ0v) is 13.3. The van der Waals surface area contributed by atoms with E-state index in [9.17, 15) is 14.3 Å². The number of halogens is 1. The number of aryl methyl sites for hydroxylation is 1. The van der Waals surface area contributed by atoms with Crippen molar-refractivity contribution in [3.05, 3.63) is 35.1 Å². The smallest absolute Gasteiger partial charge is 0.305 e. The van der Waals surface area contributed by atoms with E-state index in [4.69, 9.17) is 4.74 Å². The topological polar surface area (TPSA) is 55.8 Å². The number of rotatable bonds is 6. The lowest BCUT2D eigenvalue weighted by molar-refractivity contribution is -0.140. The summed E-state index contributed by atoms with van der Waals surface area (Å²) < 4.78 is 24.3. The lowest BCUT2D eigenvalue weighted by Crippen LogP contribution is -2.31. The van der Waals surface area contributed by atoms with E-state index in [1.54, 1.807) is 12.1 Å². The molecule has 2 bridgehead atoms. The highest BCUT2D eigenvalue weighted by Crippen LogP contribution is 2.44. The van der Waals surface area contributed by atoms with Crippen molar-refractivity contribution < 1.29 is 23.8 Å². The van der Waals surface area contributed by atoms with E-state index < -0.39 is 0 Å². The second-order valence-corrected chi connectivity index (χ2v) is 6.49. The molecule has 3 rings (SSSR count). The van der Waals surface area contributed by atoms with Crippen LogP contribution in [0.25, 0.3) is 0 Å². The molecular weight excluding hydrogens is 299 g/mol. The summed E-state index contributed by atoms with van der Waals surface area (Å²) in [5.74, 6) is -0.189. The van der Waals surface area contributed by atoms with Crippen LogP contribution in [0.5, 0.6) is 0 Å². The fraction of sp³-hybridized carbons (Fsp3) is 0.611. The fourth-order valence-corrected chi connectivity index (χ4v) is 4.03. The normalized spacial score (nSPS) is 29.0. The molecule has 1 N–H and O–H groups in total. The van der Waals surface area contributed by atoms with Gasteiger partial charge in [0.05, 0.1) is 19.3 Å². The number of carbonyl (C=O) groups is 1. The zero-order chi connectivity index (χ0) is 16.4. The molecule has 0 radical (unpaired) electrons. The molecular formula is C18H23FO4. The van der Waals surface area contributed by atoms with Gasteiger partial charge in [0.2, 0.25) is 0 Å². The van der Waals surface area contributed by atoms with E-state index in [-0.39, 0.29) is 48.9 Å². The molecule has 0 aliphatic carbocycles. The molecule has 2 aliphatic heterocycles. The number of ether oxygens (including phenoxy) is 2. The lowest BCUT2D eigenvalue weighted by Gasteiger charge is -2.27. The van der Waals surface area contributed by atoms with Crippen LogP contribution in [-0.2, 0) is 27.1 Å². The van der Waals surface area contributed by atoms with Gasteiger partial charge >= 0.3 is 5.97 Å². The highest BCUT2D eigenvalue weighted by Gasteiger charge is 2.48. The average molecular weight is 322 g/mol. The van der Waals surface area contributed by atoms with E-state index in [2.05, 4.69) is 4.74 Å². The van der Waals surface area contributed by atoms with Crippen molar-refractivity contribution in [3.63, 3.8) is 0 Å². The van der Waals surface area contributed by atoms with E-state index in [1.807, 2.05) is 0 Å². The molecule has 2 fully saturated rings. The number of fused-ring (bicyclic) bond motifs is 2. The number of esters is 1. The Hall–Kier alpha value is -1.46. The zero-order valence-electron chi connectivity index (χ0n) is 13.3. The van der Waals surface area contributed by atoms with Gasteiger partial charge in [0.15, 0.2) is 0 Å². The molecule has 2 saturated heterocycles. The number of aliphatic hydroxyl groups is 1. The van der Waals surface area contributed by atoms with Crippen LogP contribution >= 0.6 is 0 Å². The van der Waals surface area contributed by atoms with Gasteiger partial charge in [-0.2, -0.15) is 0 Å². The first kappa shape index (κ1) is 16.4. The van der Waals surface area contributed by atoms with Crippen LogP contribution in [0.1, 0.15) is 30.4 Å². The third kappa shape index (κ3) is 3.40. The SMILES string of the molecule is COC(=O)CCc1ccc(F)cc1C[C@@H]1[C@H](CO)[C@H]2CC[C@H]1O2. The van der Waals surface area contributed by atoms with Gasteiger partial charge in [-0.1, -0.05) is 6.07 Å². The maximum absolute atomic E-state index is 13.7. The molecule has 4 nitrogen and oxygen atoms in total. The Labute approximate surface area is 135 Å². The Morgan fingerprint density at radius 3 is 2.74 bits per heavy atom. The number of methoxy groups -OCH3 is 1.